The highest BCUT2D eigenvalue weighted by Gasteiger charge is 2.08. The first kappa shape index (κ1) is 13.2. The standard InChI is InChI=1S/C16H23NO/c1-13(2)18-16-10-8-14(9-11-16)12-17-15-6-4-3-5-7-15/h3-4,8-11,13,15,17H,5-7,12H2,1-2H3. The number of benzene rings is 1. The van der Waals surface area contributed by atoms with Crippen LogP contribution < -0.4 is 10.1 Å². The lowest BCUT2D eigenvalue weighted by atomic mass is 10.0. The summed E-state index contributed by atoms with van der Waals surface area (Å²) in [5.74, 6) is 0.953. The second-order valence-electron chi connectivity index (χ2n) is 5.17. The summed E-state index contributed by atoms with van der Waals surface area (Å²) in [7, 11) is 0. The van der Waals surface area contributed by atoms with Crippen LogP contribution in [0.4, 0.5) is 0 Å². The Balaban J connectivity index is 1.80. The van der Waals surface area contributed by atoms with Gasteiger partial charge in [-0.15, -0.1) is 0 Å². The van der Waals surface area contributed by atoms with Crippen LogP contribution >= 0.6 is 0 Å². The van der Waals surface area contributed by atoms with E-state index in [9.17, 15) is 0 Å². The summed E-state index contributed by atoms with van der Waals surface area (Å²) in [6.07, 6.45) is 8.41. The summed E-state index contributed by atoms with van der Waals surface area (Å²) in [5, 5.41) is 3.61. The van der Waals surface area contributed by atoms with Gasteiger partial charge in [-0.2, -0.15) is 0 Å². The third-order valence-corrected chi connectivity index (χ3v) is 3.16. The van der Waals surface area contributed by atoms with E-state index in [0.29, 0.717) is 6.04 Å². The highest BCUT2D eigenvalue weighted by molar-refractivity contribution is 5.27. The largest absolute Gasteiger partial charge is 0.491 e. The van der Waals surface area contributed by atoms with E-state index in [4.69, 9.17) is 4.74 Å². The second-order valence-corrected chi connectivity index (χ2v) is 5.17. The quantitative estimate of drug-likeness (QED) is 0.799. The van der Waals surface area contributed by atoms with Crippen molar-refractivity contribution in [3.05, 3.63) is 42.0 Å². The smallest absolute Gasteiger partial charge is 0.119 e. The zero-order chi connectivity index (χ0) is 12.8. The Morgan fingerprint density at radius 1 is 1.22 bits per heavy atom. The molecule has 0 aromatic heterocycles. The predicted molar refractivity (Wildman–Crippen MR) is 75.8 cm³/mol. The number of allylic oxidation sites excluding steroid dienone is 1. The number of hydrogen-bond acceptors (Lipinski definition) is 2. The summed E-state index contributed by atoms with van der Waals surface area (Å²) in [4.78, 5) is 0. The van der Waals surface area contributed by atoms with Gasteiger partial charge in [0.2, 0.25) is 0 Å². The molecule has 1 aromatic carbocycles. The van der Waals surface area contributed by atoms with Crippen molar-refractivity contribution in [3.63, 3.8) is 0 Å². The Hall–Kier alpha value is -1.28. The van der Waals surface area contributed by atoms with Gasteiger partial charge in [-0.3, -0.25) is 0 Å². The van der Waals surface area contributed by atoms with Gasteiger partial charge in [-0.25, -0.2) is 0 Å². The monoisotopic (exact) mass is 245 g/mol. The fraction of sp³-hybridized carbons (Fsp3) is 0.500. The van der Waals surface area contributed by atoms with Gasteiger partial charge in [-0.1, -0.05) is 24.3 Å². The normalized spacial score (nSPS) is 19.2. The molecule has 2 heteroatoms. The van der Waals surface area contributed by atoms with Crippen molar-refractivity contribution in [2.75, 3.05) is 0 Å². The molecule has 1 aliphatic carbocycles. The maximum absolute atomic E-state index is 5.63. The maximum Gasteiger partial charge on any atom is 0.119 e. The van der Waals surface area contributed by atoms with Crippen molar-refractivity contribution < 1.29 is 4.74 Å². The number of hydrogen-bond donors (Lipinski definition) is 1. The molecule has 2 rings (SSSR count). The van der Waals surface area contributed by atoms with Gasteiger partial charge in [0.15, 0.2) is 0 Å². The first-order valence-electron chi connectivity index (χ1n) is 6.88. The van der Waals surface area contributed by atoms with Gasteiger partial charge in [0.1, 0.15) is 5.75 Å². The molecule has 0 fully saturated rings. The van der Waals surface area contributed by atoms with Crippen molar-refractivity contribution in [3.8, 4) is 5.75 Å². The van der Waals surface area contributed by atoms with Crippen LogP contribution in [0, 0.1) is 0 Å². The molecule has 1 aromatic rings. The minimum atomic E-state index is 0.239. The van der Waals surface area contributed by atoms with Crippen molar-refractivity contribution >= 4 is 0 Å². The highest BCUT2D eigenvalue weighted by Crippen LogP contribution is 2.15. The van der Waals surface area contributed by atoms with E-state index in [1.165, 1.54) is 18.4 Å². The van der Waals surface area contributed by atoms with E-state index in [2.05, 4.69) is 41.7 Å². The van der Waals surface area contributed by atoms with Crippen LogP contribution in [-0.4, -0.2) is 12.1 Å². The van der Waals surface area contributed by atoms with Crippen molar-refractivity contribution in [1.82, 2.24) is 5.32 Å². The molecule has 0 spiro atoms. The molecule has 2 nitrogen and oxygen atoms in total. The van der Waals surface area contributed by atoms with Crippen LogP contribution in [0.2, 0.25) is 0 Å². The number of nitrogens with one attached hydrogen (secondary N) is 1. The van der Waals surface area contributed by atoms with Crippen LogP contribution in [-0.2, 0) is 6.54 Å². The van der Waals surface area contributed by atoms with E-state index < -0.39 is 0 Å². The zero-order valence-corrected chi connectivity index (χ0v) is 11.4. The average Bonchev–Trinajstić information content (AvgIpc) is 2.38. The Morgan fingerprint density at radius 3 is 2.61 bits per heavy atom. The summed E-state index contributed by atoms with van der Waals surface area (Å²) in [6, 6.07) is 9.03. The van der Waals surface area contributed by atoms with Gasteiger partial charge in [0.05, 0.1) is 6.10 Å². The van der Waals surface area contributed by atoms with Gasteiger partial charge in [-0.05, 0) is 50.8 Å². The number of ether oxygens (including phenoxy) is 1. The molecule has 0 radical (unpaired) electrons. The predicted octanol–water partition coefficient (Wildman–Crippen LogP) is 3.67. The Labute approximate surface area is 110 Å². The molecule has 1 atom stereocenters. The van der Waals surface area contributed by atoms with Crippen LogP contribution in [0.5, 0.6) is 5.75 Å². The molecule has 0 bridgehead atoms. The second kappa shape index (κ2) is 6.60. The lowest BCUT2D eigenvalue weighted by Gasteiger charge is -2.19. The first-order valence-corrected chi connectivity index (χ1v) is 6.88. The first-order chi connectivity index (χ1) is 8.74. The van der Waals surface area contributed by atoms with Crippen LogP contribution in [0.1, 0.15) is 38.7 Å². The van der Waals surface area contributed by atoms with E-state index in [-0.39, 0.29) is 6.10 Å². The highest BCUT2D eigenvalue weighted by atomic mass is 16.5. The molecule has 0 aliphatic heterocycles. The summed E-state index contributed by atoms with van der Waals surface area (Å²) >= 11 is 0. The Morgan fingerprint density at radius 2 is 2.00 bits per heavy atom. The summed E-state index contributed by atoms with van der Waals surface area (Å²) < 4.78 is 5.63. The zero-order valence-electron chi connectivity index (χ0n) is 11.4. The van der Waals surface area contributed by atoms with Gasteiger partial charge in [0.25, 0.3) is 0 Å². The summed E-state index contributed by atoms with van der Waals surface area (Å²) in [5.41, 5.74) is 1.32. The van der Waals surface area contributed by atoms with Crippen molar-refractivity contribution in [2.45, 2.75) is 51.8 Å². The Kier molecular flexibility index (Phi) is 4.82. The molecule has 1 aliphatic rings. The Bertz CT molecular complexity index is 381. The van der Waals surface area contributed by atoms with E-state index in [1.54, 1.807) is 0 Å². The topological polar surface area (TPSA) is 21.3 Å². The van der Waals surface area contributed by atoms with Gasteiger partial charge < -0.3 is 10.1 Å². The molecule has 18 heavy (non-hydrogen) atoms. The van der Waals surface area contributed by atoms with Crippen LogP contribution in [0.3, 0.4) is 0 Å². The fourth-order valence-electron chi connectivity index (χ4n) is 2.20. The molecule has 1 unspecified atom stereocenters. The van der Waals surface area contributed by atoms with Gasteiger partial charge >= 0.3 is 0 Å². The minimum absolute atomic E-state index is 0.239. The maximum atomic E-state index is 5.63. The molecule has 0 amide bonds. The van der Waals surface area contributed by atoms with E-state index in [0.717, 1.165) is 18.7 Å². The molecule has 0 saturated carbocycles. The molecule has 0 saturated heterocycles. The van der Waals surface area contributed by atoms with E-state index in [1.807, 2.05) is 13.8 Å². The van der Waals surface area contributed by atoms with Crippen LogP contribution in [0.15, 0.2) is 36.4 Å². The third kappa shape index (κ3) is 4.19. The summed E-state index contributed by atoms with van der Waals surface area (Å²) in [6.45, 7) is 5.04. The number of rotatable bonds is 5. The van der Waals surface area contributed by atoms with Crippen molar-refractivity contribution in [1.29, 1.82) is 0 Å². The molecule has 0 heterocycles. The minimum Gasteiger partial charge on any atom is -0.491 e. The van der Waals surface area contributed by atoms with E-state index >= 15 is 0 Å². The molecule has 98 valence electrons. The third-order valence-electron chi connectivity index (χ3n) is 3.16. The molecular formula is C16H23NO. The van der Waals surface area contributed by atoms with Gasteiger partial charge in [0, 0.05) is 12.6 Å². The lowest BCUT2D eigenvalue weighted by molar-refractivity contribution is 0.242. The lowest BCUT2D eigenvalue weighted by Crippen LogP contribution is -2.29. The molecular weight excluding hydrogens is 222 g/mol. The van der Waals surface area contributed by atoms with Crippen molar-refractivity contribution in [2.24, 2.45) is 0 Å². The molecule has 1 N–H and O–H groups in total. The SMILES string of the molecule is CC(C)Oc1ccc(CNC2CC=CCC2)cc1. The average molecular weight is 245 g/mol. The van der Waals surface area contributed by atoms with Crippen LogP contribution in [0.25, 0.3) is 0 Å². The fourth-order valence-corrected chi connectivity index (χ4v) is 2.20.